The average molecular weight is 302 g/mol. The Morgan fingerprint density at radius 2 is 2.32 bits per heavy atom. The Bertz CT molecular complexity index is 666. The quantitative estimate of drug-likeness (QED) is 0.923. The van der Waals surface area contributed by atoms with Crippen LogP contribution in [0.25, 0.3) is 0 Å². The van der Waals surface area contributed by atoms with Gasteiger partial charge in [-0.15, -0.1) is 0 Å². The minimum Gasteiger partial charge on any atom is -0.333 e. The zero-order valence-electron chi connectivity index (χ0n) is 12.6. The fraction of sp³-hybridized carbons (Fsp3) is 0.438. The molecule has 2 aromatic rings. The Labute approximate surface area is 128 Å². The number of aryl methyl sites for hydroxylation is 1. The van der Waals surface area contributed by atoms with E-state index in [1.165, 1.54) is 12.6 Å². The van der Waals surface area contributed by atoms with Gasteiger partial charge in [0.25, 0.3) is 5.91 Å². The Hall–Kier alpha value is -2.24. The van der Waals surface area contributed by atoms with Crippen molar-refractivity contribution in [3.8, 4) is 0 Å². The van der Waals surface area contributed by atoms with E-state index in [1.54, 1.807) is 23.2 Å². The second-order valence-electron chi connectivity index (χ2n) is 5.89. The first kappa shape index (κ1) is 14.7. The largest absolute Gasteiger partial charge is 0.333 e. The van der Waals surface area contributed by atoms with Gasteiger partial charge in [-0.25, -0.2) is 4.39 Å². The predicted octanol–water partition coefficient (Wildman–Crippen LogP) is 2.69. The minimum absolute atomic E-state index is 0.160. The Morgan fingerprint density at radius 3 is 2.91 bits per heavy atom. The zero-order valence-corrected chi connectivity index (χ0v) is 12.6. The third-order valence-electron chi connectivity index (χ3n) is 4.13. The third-order valence-corrected chi connectivity index (χ3v) is 4.13. The van der Waals surface area contributed by atoms with Gasteiger partial charge in [-0.1, -0.05) is 6.42 Å². The number of hydrogen-bond acceptors (Lipinski definition) is 3. The number of nitrogens with one attached hydrogen (secondary N) is 1. The van der Waals surface area contributed by atoms with Gasteiger partial charge in [-0.2, -0.15) is 5.10 Å². The van der Waals surface area contributed by atoms with Gasteiger partial charge >= 0.3 is 0 Å². The standard InChI is InChI=1S/C16H19FN4O/c1-11-7-15(20-19-11)16(22)21(9-12-3-2-4-12)10-13-5-6-18-8-14(13)17/h5-8,12H,2-4,9-10H2,1H3,(H,19,20). The summed E-state index contributed by atoms with van der Waals surface area (Å²) in [4.78, 5) is 18.1. The summed E-state index contributed by atoms with van der Waals surface area (Å²) in [6.07, 6.45) is 6.19. The van der Waals surface area contributed by atoms with E-state index in [0.29, 0.717) is 23.7 Å². The molecule has 6 heteroatoms. The molecule has 5 nitrogen and oxygen atoms in total. The molecule has 1 aliphatic rings. The lowest BCUT2D eigenvalue weighted by molar-refractivity contribution is 0.0671. The number of hydrogen-bond donors (Lipinski definition) is 1. The molecule has 116 valence electrons. The summed E-state index contributed by atoms with van der Waals surface area (Å²) < 4.78 is 13.8. The highest BCUT2D eigenvalue weighted by molar-refractivity contribution is 5.92. The third kappa shape index (κ3) is 3.16. The van der Waals surface area contributed by atoms with E-state index in [1.807, 2.05) is 6.92 Å². The predicted molar refractivity (Wildman–Crippen MR) is 79.6 cm³/mol. The molecule has 1 amide bonds. The highest BCUT2D eigenvalue weighted by Gasteiger charge is 2.26. The SMILES string of the molecule is Cc1cc(C(=O)N(Cc2ccncc2F)CC2CCC2)n[nH]1. The molecule has 0 saturated heterocycles. The molecule has 0 aliphatic heterocycles. The monoisotopic (exact) mass is 302 g/mol. The number of pyridine rings is 1. The van der Waals surface area contributed by atoms with Gasteiger partial charge in [0.15, 0.2) is 0 Å². The van der Waals surface area contributed by atoms with Crippen LogP contribution in [-0.4, -0.2) is 32.5 Å². The van der Waals surface area contributed by atoms with E-state index in [2.05, 4.69) is 15.2 Å². The molecule has 0 radical (unpaired) electrons. The Kier molecular flexibility index (Phi) is 4.18. The van der Waals surface area contributed by atoms with Gasteiger partial charge in [0.1, 0.15) is 11.5 Å². The number of carbonyl (C=O) groups excluding carboxylic acids is 1. The van der Waals surface area contributed by atoms with E-state index < -0.39 is 0 Å². The van der Waals surface area contributed by atoms with E-state index >= 15 is 0 Å². The van der Waals surface area contributed by atoms with Crippen LogP contribution in [0.3, 0.4) is 0 Å². The maximum Gasteiger partial charge on any atom is 0.274 e. The molecule has 1 fully saturated rings. The lowest BCUT2D eigenvalue weighted by Crippen LogP contribution is -2.37. The van der Waals surface area contributed by atoms with Crippen molar-refractivity contribution in [3.63, 3.8) is 0 Å². The van der Waals surface area contributed by atoms with Crippen molar-refractivity contribution in [1.82, 2.24) is 20.1 Å². The number of aromatic amines is 1. The molecule has 0 atom stereocenters. The maximum absolute atomic E-state index is 13.8. The molecule has 0 aromatic carbocycles. The molecule has 3 rings (SSSR count). The van der Waals surface area contributed by atoms with Crippen LogP contribution in [0.1, 0.15) is 41.0 Å². The van der Waals surface area contributed by atoms with Crippen molar-refractivity contribution in [1.29, 1.82) is 0 Å². The lowest BCUT2D eigenvalue weighted by Gasteiger charge is -2.32. The van der Waals surface area contributed by atoms with Crippen molar-refractivity contribution in [2.45, 2.75) is 32.7 Å². The number of nitrogens with zero attached hydrogens (tertiary/aromatic N) is 3. The van der Waals surface area contributed by atoms with E-state index in [-0.39, 0.29) is 18.3 Å². The van der Waals surface area contributed by atoms with Crippen LogP contribution in [0.4, 0.5) is 4.39 Å². The van der Waals surface area contributed by atoms with Crippen LogP contribution in [0, 0.1) is 18.7 Å². The van der Waals surface area contributed by atoms with Crippen molar-refractivity contribution in [2.75, 3.05) is 6.54 Å². The van der Waals surface area contributed by atoms with Gasteiger partial charge in [0.05, 0.1) is 6.20 Å². The van der Waals surface area contributed by atoms with Crippen molar-refractivity contribution >= 4 is 5.91 Å². The first-order chi connectivity index (χ1) is 10.6. The highest BCUT2D eigenvalue weighted by Crippen LogP contribution is 2.28. The molecule has 22 heavy (non-hydrogen) atoms. The summed E-state index contributed by atoms with van der Waals surface area (Å²) in [5.41, 5.74) is 1.70. The molecule has 2 heterocycles. The first-order valence-electron chi connectivity index (χ1n) is 7.53. The normalized spacial score (nSPS) is 14.6. The maximum atomic E-state index is 13.8. The molecule has 1 aliphatic carbocycles. The number of halogens is 1. The van der Waals surface area contributed by atoms with Gasteiger partial charge in [-0.05, 0) is 37.8 Å². The molecule has 0 bridgehead atoms. The zero-order chi connectivity index (χ0) is 15.5. The number of amides is 1. The lowest BCUT2D eigenvalue weighted by atomic mass is 9.85. The van der Waals surface area contributed by atoms with Crippen LogP contribution < -0.4 is 0 Å². The van der Waals surface area contributed by atoms with Crippen molar-refractivity contribution in [3.05, 3.63) is 47.3 Å². The second kappa shape index (κ2) is 6.25. The smallest absolute Gasteiger partial charge is 0.274 e. The number of rotatable bonds is 5. The van der Waals surface area contributed by atoms with Crippen molar-refractivity contribution < 1.29 is 9.18 Å². The van der Waals surface area contributed by atoms with Crippen LogP contribution in [0.2, 0.25) is 0 Å². The molecule has 1 N–H and O–H groups in total. The van der Waals surface area contributed by atoms with Crippen LogP contribution in [-0.2, 0) is 6.54 Å². The van der Waals surface area contributed by atoms with E-state index in [4.69, 9.17) is 0 Å². The average Bonchev–Trinajstić information content (AvgIpc) is 2.89. The minimum atomic E-state index is -0.382. The van der Waals surface area contributed by atoms with Crippen LogP contribution in [0.15, 0.2) is 24.5 Å². The summed E-state index contributed by atoms with van der Waals surface area (Å²) in [6, 6.07) is 3.34. The topological polar surface area (TPSA) is 61.9 Å². The summed E-state index contributed by atoms with van der Waals surface area (Å²) in [7, 11) is 0. The fourth-order valence-corrected chi connectivity index (χ4v) is 2.63. The second-order valence-corrected chi connectivity index (χ2v) is 5.89. The first-order valence-corrected chi connectivity index (χ1v) is 7.53. The molecule has 1 saturated carbocycles. The number of H-pyrrole nitrogens is 1. The molecule has 0 unspecified atom stereocenters. The summed E-state index contributed by atoms with van der Waals surface area (Å²) >= 11 is 0. The summed E-state index contributed by atoms with van der Waals surface area (Å²) in [5.74, 6) is -0.0338. The van der Waals surface area contributed by atoms with Gasteiger partial charge in [-0.3, -0.25) is 14.9 Å². The Morgan fingerprint density at radius 1 is 1.50 bits per heavy atom. The Balaban J connectivity index is 1.80. The van der Waals surface area contributed by atoms with Gasteiger partial charge < -0.3 is 4.90 Å². The molecular weight excluding hydrogens is 283 g/mol. The molecule has 2 aromatic heterocycles. The van der Waals surface area contributed by atoms with E-state index in [9.17, 15) is 9.18 Å². The van der Waals surface area contributed by atoms with Crippen LogP contribution >= 0.6 is 0 Å². The summed E-state index contributed by atoms with van der Waals surface area (Å²) in [6.45, 7) is 2.74. The summed E-state index contributed by atoms with van der Waals surface area (Å²) in [5, 5.41) is 6.81. The number of carbonyl (C=O) groups is 1. The van der Waals surface area contributed by atoms with Gasteiger partial charge in [0.2, 0.25) is 0 Å². The highest BCUT2D eigenvalue weighted by atomic mass is 19.1. The fourth-order valence-electron chi connectivity index (χ4n) is 2.63. The number of aromatic nitrogens is 3. The molecular formula is C16H19FN4O. The van der Waals surface area contributed by atoms with Crippen LogP contribution in [0.5, 0.6) is 0 Å². The van der Waals surface area contributed by atoms with Gasteiger partial charge in [0, 0.05) is 30.5 Å². The molecule has 0 spiro atoms. The van der Waals surface area contributed by atoms with Crippen molar-refractivity contribution in [2.24, 2.45) is 5.92 Å². The van der Waals surface area contributed by atoms with E-state index in [0.717, 1.165) is 18.5 Å².